The number of hydrogen-bond acceptors (Lipinski definition) is 0. The van der Waals surface area contributed by atoms with Crippen molar-refractivity contribution in [1.82, 2.24) is 0 Å². The highest BCUT2D eigenvalue weighted by molar-refractivity contribution is 4.79. The summed E-state index contributed by atoms with van der Waals surface area (Å²) < 4.78 is 0. The third-order valence-corrected chi connectivity index (χ3v) is 4.40. The molecular weight excluding hydrogens is 168 g/mol. The van der Waals surface area contributed by atoms with Gasteiger partial charge in [0.1, 0.15) is 0 Å². The molecule has 0 aromatic heterocycles. The second-order valence-corrected chi connectivity index (χ2v) is 6.13. The maximum atomic E-state index is 2.51. The van der Waals surface area contributed by atoms with Gasteiger partial charge in [-0.1, -0.05) is 47.0 Å². The Balaban J connectivity index is 2.28. The first kappa shape index (κ1) is 12.1. The topological polar surface area (TPSA) is 0 Å². The summed E-state index contributed by atoms with van der Waals surface area (Å²) in [5.41, 5.74) is 0.696. The van der Waals surface area contributed by atoms with Crippen LogP contribution in [0.25, 0.3) is 0 Å². The fraction of sp³-hybridized carbons (Fsp3) is 1.00. The molecule has 14 heavy (non-hydrogen) atoms. The van der Waals surface area contributed by atoms with E-state index >= 15 is 0 Å². The molecule has 1 unspecified atom stereocenters. The summed E-state index contributed by atoms with van der Waals surface area (Å²) in [6.07, 6.45) is 10.3. The summed E-state index contributed by atoms with van der Waals surface area (Å²) in [5, 5.41) is 0. The van der Waals surface area contributed by atoms with Crippen molar-refractivity contribution >= 4 is 0 Å². The Bertz CT molecular complexity index is 151. The van der Waals surface area contributed by atoms with Gasteiger partial charge in [0.2, 0.25) is 0 Å². The average molecular weight is 196 g/mol. The molecule has 0 radical (unpaired) electrons. The van der Waals surface area contributed by atoms with Gasteiger partial charge in [0.25, 0.3) is 0 Å². The Morgan fingerprint density at radius 2 is 1.57 bits per heavy atom. The summed E-state index contributed by atoms with van der Waals surface area (Å²) in [6, 6.07) is 0. The lowest BCUT2D eigenvalue weighted by Crippen LogP contribution is -2.21. The zero-order valence-electron chi connectivity index (χ0n) is 10.6. The van der Waals surface area contributed by atoms with E-state index in [1.165, 1.54) is 44.9 Å². The zero-order valence-corrected chi connectivity index (χ0v) is 10.6. The van der Waals surface area contributed by atoms with Crippen LogP contribution in [0, 0.1) is 17.3 Å². The smallest absolute Gasteiger partial charge is 0.0326 e. The first-order valence-electron chi connectivity index (χ1n) is 6.53. The van der Waals surface area contributed by atoms with Crippen LogP contribution in [-0.2, 0) is 0 Å². The number of hydrogen-bond donors (Lipinski definition) is 0. The Morgan fingerprint density at radius 1 is 1.00 bits per heavy atom. The van der Waals surface area contributed by atoms with Crippen molar-refractivity contribution < 1.29 is 0 Å². The Morgan fingerprint density at radius 3 is 2.07 bits per heavy atom. The number of rotatable bonds is 4. The van der Waals surface area contributed by atoms with E-state index < -0.39 is 0 Å². The molecule has 0 aliphatic heterocycles. The molecule has 1 fully saturated rings. The lowest BCUT2D eigenvalue weighted by Gasteiger charge is -2.35. The molecule has 1 rings (SSSR count). The van der Waals surface area contributed by atoms with Crippen molar-refractivity contribution in [3.05, 3.63) is 0 Å². The maximum Gasteiger partial charge on any atom is -0.0326 e. The molecule has 0 spiro atoms. The van der Waals surface area contributed by atoms with Crippen LogP contribution < -0.4 is 0 Å². The lowest BCUT2D eigenvalue weighted by atomic mass is 9.71. The van der Waals surface area contributed by atoms with E-state index in [0.717, 1.165) is 11.8 Å². The molecular formula is C14H28. The molecule has 0 aromatic carbocycles. The van der Waals surface area contributed by atoms with Gasteiger partial charge < -0.3 is 0 Å². The fourth-order valence-electron chi connectivity index (χ4n) is 2.56. The predicted octanol–water partition coefficient (Wildman–Crippen LogP) is 5.03. The second kappa shape index (κ2) is 5.19. The van der Waals surface area contributed by atoms with Crippen molar-refractivity contribution in [2.24, 2.45) is 17.3 Å². The monoisotopic (exact) mass is 196 g/mol. The molecule has 1 saturated carbocycles. The van der Waals surface area contributed by atoms with Gasteiger partial charge in [-0.15, -0.1) is 0 Å². The molecule has 0 heterocycles. The first-order valence-corrected chi connectivity index (χ1v) is 6.53. The van der Waals surface area contributed by atoms with Gasteiger partial charge in [0, 0.05) is 0 Å². The molecule has 1 aliphatic carbocycles. The third-order valence-electron chi connectivity index (χ3n) is 4.40. The van der Waals surface area contributed by atoms with Gasteiger partial charge in [-0.3, -0.25) is 0 Å². The van der Waals surface area contributed by atoms with E-state index in [1.54, 1.807) is 0 Å². The van der Waals surface area contributed by atoms with E-state index in [2.05, 4.69) is 27.7 Å². The minimum absolute atomic E-state index is 0.696. The second-order valence-electron chi connectivity index (χ2n) is 6.13. The van der Waals surface area contributed by atoms with Crippen molar-refractivity contribution in [3.8, 4) is 0 Å². The molecule has 1 atom stereocenters. The Labute approximate surface area is 90.5 Å². The van der Waals surface area contributed by atoms with Crippen molar-refractivity contribution in [3.63, 3.8) is 0 Å². The van der Waals surface area contributed by atoms with Crippen molar-refractivity contribution in [2.75, 3.05) is 0 Å². The van der Waals surface area contributed by atoms with E-state index in [-0.39, 0.29) is 0 Å². The molecule has 0 amide bonds. The molecule has 0 saturated heterocycles. The van der Waals surface area contributed by atoms with Crippen LogP contribution in [0.15, 0.2) is 0 Å². The Hall–Kier alpha value is 0. The standard InChI is InChI=1S/C14H28/c1-12(2)13(3)8-11-14(4)9-6-5-7-10-14/h12-13H,5-11H2,1-4H3. The fourth-order valence-corrected chi connectivity index (χ4v) is 2.56. The van der Waals surface area contributed by atoms with Crippen LogP contribution in [0.5, 0.6) is 0 Å². The van der Waals surface area contributed by atoms with Gasteiger partial charge in [-0.25, -0.2) is 0 Å². The highest BCUT2D eigenvalue weighted by Gasteiger charge is 2.26. The van der Waals surface area contributed by atoms with Gasteiger partial charge in [0.05, 0.1) is 0 Å². The summed E-state index contributed by atoms with van der Waals surface area (Å²) in [7, 11) is 0. The Kier molecular flexibility index (Phi) is 4.47. The van der Waals surface area contributed by atoms with Gasteiger partial charge in [-0.2, -0.15) is 0 Å². The molecule has 84 valence electrons. The van der Waals surface area contributed by atoms with E-state index in [9.17, 15) is 0 Å². The lowest BCUT2D eigenvalue weighted by molar-refractivity contribution is 0.176. The van der Waals surface area contributed by atoms with Crippen LogP contribution >= 0.6 is 0 Å². The van der Waals surface area contributed by atoms with E-state index in [0.29, 0.717) is 5.41 Å². The van der Waals surface area contributed by atoms with Crippen LogP contribution in [-0.4, -0.2) is 0 Å². The van der Waals surface area contributed by atoms with Gasteiger partial charge in [-0.05, 0) is 42.9 Å². The molecule has 0 N–H and O–H groups in total. The van der Waals surface area contributed by atoms with Crippen molar-refractivity contribution in [1.29, 1.82) is 0 Å². The van der Waals surface area contributed by atoms with Gasteiger partial charge >= 0.3 is 0 Å². The van der Waals surface area contributed by atoms with Crippen LogP contribution in [0.4, 0.5) is 0 Å². The van der Waals surface area contributed by atoms with Crippen LogP contribution in [0.3, 0.4) is 0 Å². The van der Waals surface area contributed by atoms with E-state index in [1.807, 2.05) is 0 Å². The zero-order chi connectivity index (χ0) is 10.6. The highest BCUT2D eigenvalue weighted by atomic mass is 14.3. The van der Waals surface area contributed by atoms with Crippen LogP contribution in [0.1, 0.15) is 72.6 Å². The SMILES string of the molecule is CC(C)C(C)CCC1(C)CCCCC1. The van der Waals surface area contributed by atoms with E-state index in [4.69, 9.17) is 0 Å². The molecule has 0 aromatic rings. The maximum absolute atomic E-state index is 2.51. The molecule has 0 nitrogen and oxygen atoms in total. The summed E-state index contributed by atoms with van der Waals surface area (Å²) in [4.78, 5) is 0. The first-order chi connectivity index (χ1) is 6.53. The normalized spacial score (nSPS) is 23.8. The average Bonchev–Trinajstić information content (AvgIpc) is 2.15. The molecule has 1 aliphatic rings. The third kappa shape index (κ3) is 3.63. The van der Waals surface area contributed by atoms with Gasteiger partial charge in [0.15, 0.2) is 0 Å². The van der Waals surface area contributed by atoms with Crippen LogP contribution in [0.2, 0.25) is 0 Å². The summed E-state index contributed by atoms with van der Waals surface area (Å²) in [6.45, 7) is 9.64. The molecule has 0 heteroatoms. The quantitative estimate of drug-likeness (QED) is 0.591. The predicted molar refractivity (Wildman–Crippen MR) is 64.4 cm³/mol. The molecule has 0 bridgehead atoms. The van der Waals surface area contributed by atoms with Crippen molar-refractivity contribution in [2.45, 2.75) is 72.6 Å². The summed E-state index contributed by atoms with van der Waals surface area (Å²) >= 11 is 0. The summed E-state index contributed by atoms with van der Waals surface area (Å²) in [5.74, 6) is 1.77. The minimum atomic E-state index is 0.696. The highest BCUT2D eigenvalue weighted by Crippen LogP contribution is 2.40. The minimum Gasteiger partial charge on any atom is -0.0625 e. The largest absolute Gasteiger partial charge is 0.0625 e.